The van der Waals surface area contributed by atoms with Crippen molar-refractivity contribution >= 4 is 38.9 Å². The van der Waals surface area contributed by atoms with Gasteiger partial charge in [-0.3, -0.25) is 0 Å². The summed E-state index contributed by atoms with van der Waals surface area (Å²) in [7, 11) is 0. The SMILES string of the molecule is CC1(C)c2ccccc2-c2ccc(-n3c4ccccc4c4cc(-c5ccc(N(c6ccccc6)c6ccccc6)cc5)ccc43)cc21. The number of nitrogens with zero attached hydrogens (tertiary/aromatic N) is 2. The first-order chi connectivity index (χ1) is 23.1. The van der Waals surface area contributed by atoms with E-state index in [9.17, 15) is 0 Å². The lowest BCUT2D eigenvalue weighted by atomic mass is 9.82. The third-order valence-electron chi connectivity index (χ3n) is 9.99. The van der Waals surface area contributed by atoms with Gasteiger partial charge in [0.25, 0.3) is 0 Å². The average Bonchev–Trinajstić information content (AvgIpc) is 3.58. The molecule has 1 aliphatic carbocycles. The molecule has 0 N–H and O–H groups in total. The van der Waals surface area contributed by atoms with Crippen LogP contribution in [-0.2, 0) is 5.41 Å². The van der Waals surface area contributed by atoms with Crippen molar-refractivity contribution in [1.29, 1.82) is 0 Å². The summed E-state index contributed by atoms with van der Waals surface area (Å²) in [5.41, 5.74) is 14.9. The Morgan fingerprint density at radius 3 is 1.74 bits per heavy atom. The molecule has 224 valence electrons. The highest BCUT2D eigenvalue weighted by molar-refractivity contribution is 6.10. The zero-order valence-corrected chi connectivity index (χ0v) is 26.6. The maximum atomic E-state index is 2.44. The topological polar surface area (TPSA) is 8.17 Å². The molecule has 0 radical (unpaired) electrons. The first-order valence-electron chi connectivity index (χ1n) is 16.4. The zero-order valence-electron chi connectivity index (χ0n) is 26.6. The lowest BCUT2D eigenvalue weighted by Crippen LogP contribution is -2.15. The van der Waals surface area contributed by atoms with Crippen molar-refractivity contribution in [1.82, 2.24) is 4.57 Å². The fraction of sp³-hybridized carbons (Fsp3) is 0.0667. The maximum absolute atomic E-state index is 2.44. The van der Waals surface area contributed by atoms with Gasteiger partial charge >= 0.3 is 0 Å². The van der Waals surface area contributed by atoms with Gasteiger partial charge < -0.3 is 9.47 Å². The van der Waals surface area contributed by atoms with Crippen molar-refractivity contribution in [3.63, 3.8) is 0 Å². The van der Waals surface area contributed by atoms with Crippen LogP contribution in [0.4, 0.5) is 17.1 Å². The molecule has 7 aromatic carbocycles. The average molecular weight is 603 g/mol. The fourth-order valence-corrected chi connectivity index (χ4v) is 7.67. The monoisotopic (exact) mass is 602 g/mol. The van der Waals surface area contributed by atoms with Crippen LogP contribution in [0.15, 0.2) is 170 Å². The summed E-state index contributed by atoms with van der Waals surface area (Å²) in [6.07, 6.45) is 0. The van der Waals surface area contributed by atoms with E-state index in [0.29, 0.717) is 0 Å². The van der Waals surface area contributed by atoms with Gasteiger partial charge in [-0.25, -0.2) is 0 Å². The van der Waals surface area contributed by atoms with Crippen molar-refractivity contribution < 1.29 is 0 Å². The summed E-state index contributed by atoms with van der Waals surface area (Å²) in [5, 5.41) is 2.53. The largest absolute Gasteiger partial charge is 0.311 e. The van der Waals surface area contributed by atoms with E-state index < -0.39 is 0 Å². The number of fused-ring (bicyclic) bond motifs is 6. The summed E-state index contributed by atoms with van der Waals surface area (Å²) in [6, 6.07) is 61.7. The Kier molecular flexibility index (Phi) is 6.20. The van der Waals surface area contributed by atoms with Crippen LogP contribution in [0.2, 0.25) is 0 Å². The summed E-state index contributed by atoms with van der Waals surface area (Å²) in [6.45, 7) is 4.70. The Morgan fingerprint density at radius 2 is 1.00 bits per heavy atom. The van der Waals surface area contributed by atoms with Crippen LogP contribution >= 0.6 is 0 Å². The minimum Gasteiger partial charge on any atom is -0.311 e. The molecule has 0 saturated heterocycles. The number of hydrogen-bond donors (Lipinski definition) is 0. The smallest absolute Gasteiger partial charge is 0.0541 e. The van der Waals surface area contributed by atoms with Crippen molar-refractivity contribution in [2.75, 3.05) is 4.90 Å². The molecule has 2 nitrogen and oxygen atoms in total. The number of rotatable bonds is 5. The Labute approximate surface area is 275 Å². The number of hydrogen-bond acceptors (Lipinski definition) is 1. The highest BCUT2D eigenvalue weighted by atomic mass is 15.1. The number of benzene rings is 7. The minimum absolute atomic E-state index is 0.0450. The van der Waals surface area contributed by atoms with Crippen LogP contribution in [-0.4, -0.2) is 4.57 Å². The quantitative estimate of drug-likeness (QED) is 0.190. The van der Waals surface area contributed by atoms with Gasteiger partial charge in [0.15, 0.2) is 0 Å². The van der Waals surface area contributed by atoms with Crippen LogP contribution in [0.3, 0.4) is 0 Å². The molecule has 9 rings (SSSR count). The summed E-state index contributed by atoms with van der Waals surface area (Å²) >= 11 is 0. The molecule has 8 aromatic rings. The molecule has 0 saturated carbocycles. The molecule has 47 heavy (non-hydrogen) atoms. The van der Waals surface area contributed by atoms with Crippen molar-refractivity contribution in [2.45, 2.75) is 19.3 Å². The fourth-order valence-electron chi connectivity index (χ4n) is 7.67. The predicted octanol–water partition coefficient (Wildman–Crippen LogP) is 12.2. The van der Waals surface area contributed by atoms with E-state index in [0.717, 1.165) is 17.1 Å². The summed E-state index contributed by atoms with van der Waals surface area (Å²) in [5.74, 6) is 0. The maximum Gasteiger partial charge on any atom is 0.0541 e. The Morgan fingerprint density at radius 1 is 0.426 bits per heavy atom. The Bertz CT molecular complexity index is 2380. The third kappa shape index (κ3) is 4.33. The summed E-state index contributed by atoms with van der Waals surface area (Å²) < 4.78 is 2.44. The highest BCUT2D eigenvalue weighted by Crippen LogP contribution is 2.49. The van der Waals surface area contributed by atoms with Crippen molar-refractivity contribution in [2.24, 2.45) is 0 Å². The molecule has 1 aliphatic rings. The normalized spacial score (nSPS) is 13.1. The second-order valence-corrected chi connectivity index (χ2v) is 13.0. The second-order valence-electron chi connectivity index (χ2n) is 13.0. The molecule has 0 unspecified atom stereocenters. The van der Waals surface area contributed by atoms with E-state index >= 15 is 0 Å². The van der Waals surface area contributed by atoms with Crippen LogP contribution in [0, 0.1) is 0 Å². The van der Waals surface area contributed by atoms with Gasteiger partial charge in [-0.1, -0.05) is 117 Å². The van der Waals surface area contributed by atoms with Gasteiger partial charge in [0.05, 0.1) is 11.0 Å². The van der Waals surface area contributed by atoms with Crippen LogP contribution < -0.4 is 4.90 Å². The van der Waals surface area contributed by atoms with Crippen molar-refractivity contribution in [3.8, 4) is 27.9 Å². The number of para-hydroxylation sites is 3. The zero-order chi connectivity index (χ0) is 31.5. The molecule has 0 fully saturated rings. The molecule has 0 spiro atoms. The van der Waals surface area contributed by atoms with Gasteiger partial charge in [0.2, 0.25) is 0 Å². The first kappa shape index (κ1) is 27.5. The lowest BCUT2D eigenvalue weighted by Gasteiger charge is -2.25. The minimum atomic E-state index is -0.0450. The van der Waals surface area contributed by atoms with Crippen molar-refractivity contribution in [3.05, 3.63) is 181 Å². The molecule has 0 aliphatic heterocycles. The van der Waals surface area contributed by atoms with Gasteiger partial charge in [-0.05, 0) is 100 Å². The lowest BCUT2D eigenvalue weighted by molar-refractivity contribution is 0.660. The molecule has 0 amide bonds. The number of aromatic nitrogens is 1. The first-order valence-corrected chi connectivity index (χ1v) is 16.4. The van der Waals surface area contributed by atoms with Crippen LogP contribution in [0.5, 0.6) is 0 Å². The third-order valence-corrected chi connectivity index (χ3v) is 9.99. The Hall–Kier alpha value is -5.86. The van der Waals surface area contributed by atoms with E-state index in [1.165, 1.54) is 60.9 Å². The molecule has 2 heteroatoms. The Balaban J connectivity index is 1.14. The van der Waals surface area contributed by atoms with E-state index in [1.807, 2.05) is 0 Å². The molecular formula is C45H34N2. The second kappa shape index (κ2) is 10.6. The van der Waals surface area contributed by atoms with Gasteiger partial charge in [-0.2, -0.15) is 0 Å². The highest BCUT2D eigenvalue weighted by Gasteiger charge is 2.35. The molecular weight excluding hydrogens is 569 g/mol. The molecule has 0 atom stereocenters. The molecule has 1 heterocycles. The molecule has 1 aromatic heterocycles. The van der Waals surface area contributed by atoms with Crippen LogP contribution in [0.1, 0.15) is 25.0 Å². The van der Waals surface area contributed by atoms with E-state index in [2.05, 4.69) is 193 Å². The van der Waals surface area contributed by atoms with E-state index in [4.69, 9.17) is 0 Å². The van der Waals surface area contributed by atoms with Gasteiger partial charge in [0, 0.05) is 38.9 Å². The standard InChI is InChI=1S/C45H34N2/c1-45(2)41-19-11-9-17-37(41)38-27-26-36(30-42(38)45)47-43-20-12-10-18-39(43)40-29-32(23-28-44(40)47)31-21-24-35(25-22-31)46(33-13-5-3-6-14-33)34-15-7-4-8-16-34/h3-30H,1-2H3. The van der Waals surface area contributed by atoms with E-state index in [-0.39, 0.29) is 5.41 Å². The van der Waals surface area contributed by atoms with Gasteiger partial charge in [-0.15, -0.1) is 0 Å². The van der Waals surface area contributed by atoms with Gasteiger partial charge in [0.1, 0.15) is 0 Å². The van der Waals surface area contributed by atoms with Crippen LogP contribution in [0.25, 0.3) is 49.7 Å². The van der Waals surface area contributed by atoms with E-state index in [1.54, 1.807) is 0 Å². The number of anilines is 3. The summed E-state index contributed by atoms with van der Waals surface area (Å²) in [4.78, 5) is 2.30. The molecule has 0 bridgehead atoms. The predicted molar refractivity (Wildman–Crippen MR) is 198 cm³/mol.